The van der Waals surface area contributed by atoms with Crippen molar-refractivity contribution in [1.82, 2.24) is 4.57 Å². The van der Waals surface area contributed by atoms with Crippen LogP contribution in [0.3, 0.4) is 0 Å². The number of oxime groups is 1. The highest BCUT2D eigenvalue weighted by atomic mass is 35.5. The molecule has 1 atom stereocenters. The number of aryl methyl sites for hydroxylation is 1. The van der Waals surface area contributed by atoms with E-state index in [4.69, 9.17) is 16.0 Å². The fraction of sp³-hybridized carbons (Fsp3) is 0.176. The van der Waals surface area contributed by atoms with Crippen molar-refractivity contribution >= 4 is 28.4 Å². The summed E-state index contributed by atoms with van der Waals surface area (Å²) in [6.07, 6.45) is 0.552. The van der Waals surface area contributed by atoms with Crippen molar-refractivity contribution in [2.24, 2.45) is 12.2 Å². The highest BCUT2D eigenvalue weighted by molar-refractivity contribution is 6.31. The first-order valence-corrected chi connectivity index (χ1v) is 7.57. The van der Waals surface area contributed by atoms with Crippen molar-refractivity contribution in [3.8, 4) is 0 Å². The van der Waals surface area contributed by atoms with Crippen LogP contribution in [0.5, 0.6) is 0 Å². The van der Waals surface area contributed by atoms with Gasteiger partial charge in [-0.2, -0.15) is 0 Å². The highest BCUT2D eigenvalue weighted by Gasteiger charge is 2.32. The van der Waals surface area contributed by atoms with Crippen LogP contribution in [-0.4, -0.2) is 15.5 Å². The average Bonchev–Trinajstić information content (AvgIpc) is 3.04. The number of halogens is 1. The molecule has 4 rings (SSSR count). The van der Waals surface area contributed by atoms with Crippen LogP contribution in [0.15, 0.2) is 50.8 Å². The summed E-state index contributed by atoms with van der Waals surface area (Å²) in [5, 5.41) is 13.4. The van der Waals surface area contributed by atoms with Gasteiger partial charge in [0, 0.05) is 30.0 Å². The Morgan fingerprint density at radius 2 is 2.09 bits per heavy atom. The molecule has 6 heteroatoms. The predicted octanol–water partition coefficient (Wildman–Crippen LogP) is 3.50. The van der Waals surface area contributed by atoms with Crippen molar-refractivity contribution in [3.05, 3.63) is 68.7 Å². The van der Waals surface area contributed by atoms with Gasteiger partial charge in [-0.1, -0.05) is 35.0 Å². The van der Waals surface area contributed by atoms with Crippen molar-refractivity contribution < 1.29 is 9.62 Å². The van der Waals surface area contributed by atoms with Crippen LogP contribution < -0.4 is 5.76 Å². The fourth-order valence-corrected chi connectivity index (χ4v) is 3.54. The first kappa shape index (κ1) is 14.1. The molecule has 0 radical (unpaired) electrons. The summed E-state index contributed by atoms with van der Waals surface area (Å²) < 4.78 is 6.69. The summed E-state index contributed by atoms with van der Waals surface area (Å²) in [7, 11) is 1.67. The van der Waals surface area contributed by atoms with E-state index in [1.807, 2.05) is 30.3 Å². The van der Waals surface area contributed by atoms with Gasteiger partial charge in [0.2, 0.25) is 0 Å². The Bertz CT molecular complexity index is 1020. The van der Waals surface area contributed by atoms with Crippen molar-refractivity contribution in [2.75, 3.05) is 0 Å². The molecule has 0 fully saturated rings. The SMILES string of the molecule is Cn1c(=O)oc2cc3c(cc21)C(c1ccccc1Cl)C/C3=N\O. The molecule has 0 bridgehead atoms. The van der Waals surface area contributed by atoms with Crippen molar-refractivity contribution in [3.63, 3.8) is 0 Å². The molecule has 23 heavy (non-hydrogen) atoms. The first-order chi connectivity index (χ1) is 11.1. The molecule has 0 saturated heterocycles. The molecular weight excluding hydrogens is 316 g/mol. The number of hydrogen-bond donors (Lipinski definition) is 1. The molecule has 3 aromatic rings. The number of aromatic nitrogens is 1. The van der Waals surface area contributed by atoms with Gasteiger partial charge >= 0.3 is 5.76 Å². The second kappa shape index (κ2) is 4.99. The maximum atomic E-state index is 11.7. The largest absolute Gasteiger partial charge is 0.419 e. The summed E-state index contributed by atoms with van der Waals surface area (Å²) in [4.78, 5) is 11.7. The Hall–Kier alpha value is -2.53. The lowest BCUT2D eigenvalue weighted by Crippen LogP contribution is -2.08. The van der Waals surface area contributed by atoms with E-state index in [1.54, 1.807) is 13.1 Å². The van der Waals surface area contributed by atoms with Crippen LogP contribution in [-0.2, 0) is 7.05 Å². The quantitative estimate of drug-likeness (QED) is 0.549. The summed E-state index contributed by atoms with van der Waals surface area (Å²) in [5.74, 6) is -0.431. The first-order valence-electron chi connectivity index (χ1n) is 7.19. The Labute approximate surface area is 136 Å². The number of oxazole rings is 1. The Morgan fingerprint density at radius 1 is 1.30 bits per heavy atom. The maximum absolute atomic E-state index is 11.7. The van der Waals surface area contributed by atoms with E-state index in [0.29, 0.717) is 28.3 Å². The van der Waals surface area contributed by atoms with Gasteiger partial charge in [0.1, 0.15) is 0 Å². The molecule has 1 aliphatic rings. The van der Waals surface area contributed by atoms with Crippen LogP contribution in [0.25, 0.3) is 11.1 Å². The zero-order chi connectivity index (χ0) is 16.1. The van der Waals surface area contributed by atoms with Gasteiger partial charge in [0.25, 0.3) is 0 Å². The van der Waals surface area contributed by atoms with Gasteiger partial charge in [-0.15, -0.1) is 0 Å². The van der Waals surface area contributed by atoms with E-state index in [2.05, 4.69) is 5.16 Å². The molecule has 0 spiro atoms. The van der Waals surface area contributed by atoms with E-state index in [-0.39, 0.29) is 5.92 Å². The minimum absolute atomic E-state index is 0.0148. The third-order valence-corrected chi connectivity index (χ3v) is 4.79. The molecule has 1 aromatic heterocycles. The van der Waals surface area contributed by atoms with E-state index in [1.165, 1.54) is 4.57 Å². The fourth-order valence-electron chi connectivity index (χ4n) is 3.27. The molecule has 1 unspecified atom stereocenters. The molecule has 0 aliphatic heterocycles. The Kier molecular flexibility index (Phi) is 3.06. The summed E-state index contributed by atoms with van der Waals surface area (Å²) in [6.45, 7) is 0. The van der Waals surface area contributed by atoms with E-state index in [9.17, 15) is 10.0 Å². The van der Waals surface area contributed by atoms with Crippen LogP contribution >= 0.6 is 11.6 Å². The number of hydrogen-bond acceptors (Lipinski definition) is 4. The lowest BCUT2D eigenvalue weighted by Gasteiger charge is -2.13. The number of rotatable bonds is 1. The molecule has 2 aromatic carbocycles. The zero-order valence-electron chi connectivity index (χ0n) is 12.3. The van der Waals surface area contributed by atoms with Gasteiger partial charge in [0.15, 0.2) is 5.58 Å². The molecule has 0 saturated carbocycles. The minimum Gasteiger partial charge on any atom is -0.411 e. The van der Waals surface area contributed by atoms with E-state index in [0.717, 1.165) is 16.7 Å². The van der Waals surface area contributed by atoms with Crippen LogP contribution in [0.1, 0.15) is 29.0 Å². The van der Waals surface area contributed by atoms with Gasteiger partial charge in [-0.3, -0.25) is 4.57 Å². The summed E-state index contributed by atoms with van der Waals surface area (Å²) in [5.41, 5.74) is 4.51. The van der Waals surface area contributed by atoms with Gasteiger partial charge < -0.3 is 9.62 Å². The smallest absolute Gasteiger partial charge is 0.411 e. The van der Waals surface area contributed by atoms with Gasteiger partial charge in [-0.05, 0) is 29.3 Å². The molecule has 5 nitrogen and oxygen atoms in total. The summed E-state index contributed by atoms with van der Waals surface area (Å²) >= 11 is 6.34. The van der Waals surface area contributed by atoms with E-state index < -0.39 is 5.76 Å². The third-order valence-electron chi connectivity index (χ3n) is 4.45. The van der Waals surface area contributed by atoms with Crippen LogP contribution in [0.4, 0.5) is 0 Å². The monoisotopic (exact) mass is 328 g/mol. The molecule has 0 amide bonds. The topological polar surface area (TPSA) is 67.7 Å². The maximum Gasteiger partial charge on any atom is 0.419 e. The van der Waals surface area contributed by atoms with Crippen molar-refractivity contribution in [1.29, 1.82) is 0 Å². The van der Waals surface area contributed by atoms with Crippen molar-refractivity contribution in [2.45, 2.75) is 12.3 Å². The summed E-state index contributed by atoms with van der Waals surface area (Å²) in [6, 6.07) is 11.3. The molecule has 1 heterocycles. The molecule has 1 N–H and O–H groups in total. The zero-order valence-corrected chi connectivity index (χ0v) is 13.0. The number of fused-ring (bicyclic) bond motifs is 2. The Morgan fingerprint density at radius 3 is 2.83 bits per heavy atom. The lowest BCUT2D eigenvalue weighted by molar-refractivity contribution is 0.318. The van der Waals surface area contributed by atoms with Gasteiger partial charge in [0.05, 0.1) is 11.2 Å². The normalized spacial score (nSPS) is 18.7. The Balaban J connectivity index is 2.00. The number of nitrogens with zero attached hydrogens (tertiary/aromatic N) is 2. The standard InChI is InChI=1S/C17H13ClN2O3/c1-20-15-7-11-10(9-4-2-3-5-13(9)18)6-14(19-22)12(11)8-16(15)23-17(20)21/h2-5,7-8,10,22H,6H2,1H3/b19-14+. The second-order valence-electron chi connectivity index (χ2n) is 5.66. The second-order valence-corrected chi connectivity index (χ2v) is 6.07. The molecule has 1 aliphatic carbocycles. The molecule has 116 valence electrons. The third kappa shape index (κ3) is 2.00. The predicted molar refractivity (Wildman–Crippen MR) is 87.7 cm³/mol. The van der Waals surface area contributed by atoms with E-state index >= 15 is 0 Å². The highest BCUT2D eigenvalue weighted by Crippen LogP contribution is 2.42. The average molecular weight is 329 g/mol. The molecular formula is C17H13ClN2O3. The van der Waals surface area contributed by atoms with Crippen LogP contribution in [0.2, 0.25) is 5.02 Å². The lowest BCUT2D eigenvalue weighted by atomic mass is 9.93. The number of benzene rings is 2. The van der Waals surface area contributed by atoms with Gasteiger partial charge in [-0.25, -0.2) is 4.79 Å². The van der Waals surface area contributed by atoms with Crippen LogP contribution in [0, 0.1) is 0 Å². The minimum atomic E-state index is -0.416.